The molecule has 0 spiro atoms. The van der Waals surface area contributed by atoms with Crippen molar-refractivity contribution in [3.63, 3.8) is 0 Å². The van der Waals surface area contributed by atoms with Crippen molar-refractivity contribution in [3.8, 4) is 35.1 Å². The summed E-state index contributed by atoms with van der Waals surface area (Å²) < 4.78 is 61.0. The lowest BCUT2D eigenvalue weighted by Crippen LogP contribution is -2.22. The molecule has 2 N–H and O–H groups in total. The van der Waals surface area contributed by atoms with E-state index in [2.05, 4.69) is 16.7 Å². The second kappa shape index (κ2) is 17.1. The monoisotopic (exact) mass is 750 g/mol. The highest BCUT2D eigenvalue weighted by molar-refractivity contribution is 6.32. The molecule has 278 valence electrons. The van der Waals surface area contributed by atoms with Gasteiger partial charge in [0.1, 0.15) is 0 Å². The number of carbonyl (C=O) groups is 2. The first kappa shape index (κ1) is 41.5. The molecular weight excluding hydrogens is 713 g/mol. The molecule has 4 aromatic rings. The molecular formula is C39H38ClF3N4O6. The van der Waals surface area contributed by atoms with Crippen LogP contribution in [-0.4, -0.2) is 40.3 Å². The maximum absolute atomic E-state index is 13.5. The highest BCUT2D eigenvalue weighted by Gasteiger charge is 2.38. The molecule has 14 heteroatoms. The molecule has 0 aliphatic heterocycles. The van der Waals surface area contributed by atoms with E-state index >= 15 is 0 Å². The maximum Gasteiger partial charge on any atom is 0.416 e. The Kier molecular flexibility index (Phi) is 13.4. The number of alkyl halides is 3. The number of nitrogens with one attached hydrogen (secondary N) is 2. The zero-order valence-corrected chi connectivity index (χ0v) is 31.0. The van der Waals surface area contributed by atoms with Crippen LogP contribution < -0.4 is 29.6 Å². The second-order valence-corrected chi connectivity index (χ2v) is 12.9. The molecule has 4 rings (SSSR count). The molecule has 0 fully saturated rings. The number of methoxy groups -OCH3 is 4. The van der Waals surface area contributed by atoms with E-state index in [0.717, 1.165) is 6.07 Å². The van der Waals surface area contributed by atoms with Crippen LogP contribution in [0.15, 0.2) is 72.8 Å². The third-order valence-corrected chi connectivity index (χ3v) is 8.32. The van der Waals surface area contributed by atoms with Crippen molar-refractivity contribution in [2.75, 3.05) is 39.1 Å². The van der Waals surface area contributed by atoms with Crippen LogP contribution in [0.1, 0.15) is 65.1 Å². The molecule has 0 radical (unpaired) electrons. The van der Waals surface area contributed by atoms with Crippen molar-refractivity contribution < 1.29 is 41.7 Å². The molecule has 53 heavy (non-hydrogen) atoms. The van der Waals surface area contributed by atoms with Crippen LogP contribution in [0.4, 0.5) is 24.5 Å². The van der Waals surface area contributed by atoms with Gasteiger partial charge in [-0.15, -0.1) is 0 Å². The number of ether oxygens (including phenoxy) is 4. The van der Waals surface area contributed by atoms with E-state index in [0.29, 0.717) is 44.8 Å². The predicted octanol–water partition coefficient (Wildman–Crippen LogP) is 9.19. The standard InChI is InChI=1S/C20H19F3N2O3.C19H19ClN2O3/c1-19(2,11-24)14-7-6-13(10-15(14)20(21,22)23)25-18(26)12-5-8-16(27-3)17(9-12)28-4;1-19(2,11-21)14-7-6-13(10-15(14)20)22-18(23)12-5-8-16(24-3)17(9-12)25-4/h5-10H,1-4H3,(H,25,26);5-10H,1-4H3,(H,22,23). The second-order valence-electron chi connectivity index (χ2n) is 12.5. The van der Waals surface area contributed by atoms with Crippen molar-refractivity contribution in [1.82, 2.24) is 0 Å². The predicted molar refractivity (Wildman–Crippen MR) is 195 cm³/mol. The number of hydrogen-bond acceptors (Lipinski definition) is 8. The van der Waals surface area contributed by atoms with Crippen molar-refractivity contribution in [1.29, 1.82) is 10.5 Å². The number of halogens is 4. The zero-order chi connectivity index (χ0) is 39.7. The van der Waals surface area contributed by atoms with Gasteiger partial charge in [-0.2, -0.15) is 23.7 Å². The van der Waals surface area contributed by atoms with Crippen LogP contribution in [0, 0.1) is 22.7 Å². The van der Waals surface area contributed by atoms with Gasteiger partial charge in [0.2, 0.25) is 0 Å². The minimum atomic E-state index is -4.67. The molecule has 0 saturated heterocycles. The number of nitrogens with zero attached hydrogens (tertiary/aromatic N) is 2. The van der Waals surface area contributed by atoms with Gasteiger partial charge in [0.05, 0.1) is 57.0 Å². The number of hydrogen-bond donors (Lipinski definition) is 2. The fourth-order valence-corrected chi connectivity index (χ4v) is 5.40. The third kappa shape index (κ3) is 10.1. The molecule has 2 amide bonds. The number of rotatable bonds is 10. The quantitative estimate of drug-likeness (QED) is 0.163. The van der Waals surface area contributed by atoms with Crippen LogP contribution in [0.3, 0.4) is 0 Å². The number of carbonyl (C=O) groups excluding carboxylic acids is 2. The molecule has 0 aromatic heterocycles. The lowest BCUT2D eigenvalue weighted by atomic mass is 9.83. The molecule has 4 aromatic carbocycles. The first-order valence-corrected chi connectivity index (χ1v) is 16.1. The van der Waals surface area contributed by atoms with E-state index in [4.69, 9.17) is 30.5 Å². The maximum atomic E-state index is 13.5. The summed E-state index contributed by atoms with van der Waals surface area (Å²) in [7, 11) is 5.89. The van der Waals surface area contributed by atoms with Crippen LogP contribution in [-0.2, 0) is 17.0 Å². The molecule has 0 bridgehead atoms. The van der Waals surface area contributed by atoms with Crippen molar-refractivity contribution in [2.24, 2.45) is 0 Å². The minimum absolute atomic E-state index is 0.0374. The van der Waals surface area contributed by atoms with Crippen LogP contribution in [0.25, 0.3) is 0 Å². The van der Waals surface area contributed by atoms with Gasteiger partial charge in [-0.1, -0.05) is 23.7 Å². The van der Waals surface area contributed by atoms with Gasteiger partial charge >= 0.3 is 6.18 Å². The Bertz CT molecular complexity index is 2070. The zero-order valence-electron chi connectivity index (χ0n) is 30.3. The number of nitriles is 2. The SMILES string of the molecule is COc1ccc(C(=O)Nc2ccc(C(C)(C)C#N)c(C(F)(F)F)c2)cc1OC.COc1ccc(C(=O)Nc2ccc(C(C)(C)C#N)c(Cl)c2)cc1OC. The molecule has 0 aliphatic rings. The summed E-state index contributed by atoms with van der Waals surface area (Å²) >= 11 is 6.27. The summed E-state index contributed by atoms with van der Waals surface area (Å²) in [5, 5.41) is 24.1. The first-order valence-electron chi connectivity index (χ1n) is 15.8. The van der Waals surface area contributed by atoms with Gasteiger partial charge in [0.25, 0.3) is 11.8 Å². The molecule has 0 heterocycles. The largest absolute Gasteiger partial charge is 0.493 e. The van der Waals surface area contributed by atoms with Crippen molar-refractivity contribution in [3.05, 3.63) is 106 Å². The number of amides is 2. The lowest BCUT2D eigenvalue weighted by Gasteiger charge is -2.22. The smallest absolute Gasteiger partial charge is 0.416 e. The molecule has 0 atom stereocenters. The average Bonchev–Trinajstić information content (AvgIpc) is 3.13. The Morgan fingerprint density at radius 3 is 1.36 bits per heavy atom. The summed E-state index contributed by atoms with van der Waals surface area (Å²) in [6.07, 6.45) is -4.67. The van der Waals surface area contributed by atoms with Crippen LogP contribution >= 0.6 is 11.6 Å². The first-order chi connectivity index (χ1) is 24.8. The van der Waals surface area contributed by atoms with E-state index in [1.54, 1.807) is 50.2 Å². The van der Waals surface area contributed by atoms with E-state index in [1.807, 2.05) is 6.07 Å². The molecule has 0 aliphatic carbocycles. The van der Waals surface area contributed by atoms with Gasteiger partial charge in [-0.05, 0) is 99.5 Å². The fourth-order valence-electron chi connectivity index (χ4n) is 4.98. The van der Waals surface area contributed by atoms with Gasteiger partial charge in [-0.3, -0.25) is 9.59 Å². The van der Waals surface area contributed by atoms with Crippen LogP contribution in [0.5, 0.6) is 23.0 Å². The Labute approximate surface area is 311 Å². The Balaban J connectivity index is 0.000000287. The third-order valence-electron chi connectivity index (χ3n) is 8.01. The van der Waals surface area contributed by atoms with Crippen molar-refractivity contribution in [2.45, 2.75) is 44.7 Å². The summed E-state index contributed by atoms with van der Waals surface area (Å²) in [4.78, 5) is 24.9. The summed E-state index contributed by atoms with van der Waals surface area (Å²) in [5.74, 6) is 0.842. The molecule has 10 nitrogen and oxygen atoms in total. The average molecular weight is 751 g/mol. The van der Waals surface area contributed by atoms with Crippen molar-refractivity contribution >= 4 is 34.8 Å². The number of benzene rings is 4. The fraction of sp³-hybridized carbons (Fsp3) is 0.282. The van der Waals surface area contributed by atoms with Gasteiger partial charge < -0.3 is 29.6 Å². The van der Waals surface area contributed by atoms with Crippen LogP contribution in [0.2, 0.25) is 5.02 Å². The lowest BCUT2D eigenvalue weighted by molar-refractivity contribution is -0.138. The number of anilines is 2. The van der Waals surface area contributed by atoms with Gasteiger partial charge in [-0.25, -0.2) is 0 Å². The van der Waals surface area contributed by atoms with E-state index < -0.39 is 28.5 Å². The topological polar surface area (TPSA) is 143 Å². The normalized spacial score (nSPS) is 11.1. The Morgan fingerprint density at radius 1 is 0.585 bits per heavy atom. The molecule has 0 unspecified atom stereocenters. The van der Waals surface area contributed by atoms with E-state index in [9.17, 15) is 33.3 Å². The van der Waals surface area contributed by atoms with E-state index in [1.165, 1.54) is 72.6 Å². The highest BCUT2D eigenvalue weighted by atomic mass is 35.5. The van der Waals surface area contributed by atoms with E-state index in [-0.39, 0.29) is 22.7 Å². The minimum Gasteiger partial charge on any atom is -0.493 e. The highest BCUT2D eigenvalue weighted by Crippen LogP contribution is 2.39. The summed E-state index contributed by atoms with van der Waals surface area (Å²) in [6, 6.07) is 21.9. The summed E-state index contributed by atoms with van der Waals surface area (Å²) in [5.41, 5.74) is -1.34. The Hall–Kier alpha value is -5.92. The summed E-state index contributed by atoms with van der Waals surface area (Å²) in [6.45, 7) is 6.38. The van der Waals surface area contributed by atoms with Gasteiger partial charge in [0, 0.05) is 27.5 Å². The Morgan fingerprint density at radius 2 is 0.981 bits per heavy atom. The molecule has 0 saturated carbocycles. The van der Waals surface area contributed by atoms with Gasteiger partial charge in [0.15, 0.2) is 23.0 Å².